The zero-order valence-electron chi connectivity index (χ0n) is 32.2. The van der Waals surface area contributed by atoms with Crippen LogP contribution in [0.4, 0.5) is 17.1 Å². The summed E-state index contributed by atoms with van der Waals surface area (Å²) in [5.41, 5.74) is 11.3. The number of para-hydroxylation sites is 3. The van der Waals surface area contributed by atoms with E-state index in [4.69, 9.17) is 14.0 Å². The van der Waals surface area contributed by atoms with Gasteiger partial charge in [0.1, 0.15) is 5.82 Å². The summed E-state index contributed by atoms with van der Waals surface area (Å²) in [6, 6.07) is 52.9. The Morgan fingerprint density at radius 1 is 0.615 bits per heavy atom. The first kappa shape index (κ1) is 27.5. The molecular formula is C47H38N4O. The molecule has 3 heterocycles. The standard InChI is InChI=1S/C47H38N4O/c1-46(2,3)31-26-27-48-45(30-31)50-41-21-10-7-18-37(41)38-25-24-33(29-44(38)50)47(39-19-8-5-16-35(39)36-17-6-9-20-40(36)47)32-14-13-15-34(28-32)51-43-23-12-11-22-42(43)49(4)52-51/h5-30H,1-4H3/i4D3. The molecule has 5 heteroatoms. The minimum absolute atomic E-state index is 0.0476. The van der Waals surface area contributed by atoms with Gasteiger partial charge in [0.05, 0.1) is 33.5 Å². The third-order valence-electron chi connectivity index (χ3n) is 10.9. The quantitative estimate of drug-likeness (QED) is 0.186. The van der Waals surface area contributed by atoms with Crippen LogP contribution in [0.3, 0.4) is 0 Å². The first-order valence-electron chi connectivity index (χ1n) is 19.2. The third kappa shape index (κ3) is 4.29. The fourth-order valence-electron chi connectivity index (χ4n) is 8.51. The van der Waals surface area contributed by atoms with Crippen molar-refractivity contribution in [2.75, 3.05) is 17.1 Å². The lowest BCUT2D eigenvalue weighted by Gasteiger charge is -2.34. The van der Waals surface area contributed by atoms with E-state index in [0.717, 1.165) is 44.1 Å². The van der Waals surface area contributed by atoms with Crippen molar-refractivity contribution in [2.45, 2.75) is 31.6 Å². The Balaban J connectivity index is 1.25. The normalized spacial score (nSPS) is 15.6. The molecule has 52 heavy (non-hydrogen) atoms. The van der Waals surface area contributed by atoms with Crippen molar-refractivity contribution in [1.82, 2.24) is 9.55 Å². The molecule has 0 bridgehead atoms. The summed E-state index contributed by atoms with van der Waals surface area (Å²) in [6.45, 7) is 4.20. The van der Waals surface area contributed by atoms with E-state index >= 15 is 0 Å². The van der Waals surface area contributed by atoms with Crippen LogP contribution in [0.2, 0.25) is 0 Å². The molecule has 1 aliphatic carbocycles. The highest BCUT2D eigenvalue weighted by atomic mass is 16.8. The van der Waals surface area contributed by atoms with Crippen LogP contribution < -0.4 is 10.1 Å². The smallest absolute Gasteiger partial charge is 0.137 e. The van der Waals surface area contributed by atoms with E-state index in [2.05, 4.69) is 141 Å². The number of rotatable bonds is 4. The maximum atomic E-state index is 8.23. The first-order chi connectivity index (χ1) is 26.5. The molecule has 0 spiro atoms. The molecule has 0 saturated carbocycles. The van der Waals surface area contributed by atoms with E-state index in [0.29, 0.717) is 11.4 Å². The van der Waals surface area contributed by atoms with Gasteiger partial charge in [-0.05, 0) is 92.9 Å². The molecule has 0 unspecified atom stereocenters. The Labute approximate surface area is 308 Å². The molecule has 0 saturated heterocycles. The van der Waals surface area contributed by atoms with Crippen LogP contribution in [0.5, 0.6) is 0 Å². The van der Waals surface area contributed by atoms with Gasteiger partial charge in [-0.25, -0.2) is 10.0 Å². The van der Waals surface area contributed by atoms with Crippen LogP contribution in [-0.4, -0.2) is 16.5 Å². The van der Waals surface area contributed by atoms with Gasteiger partial charge in [0.2, 0.25) is 0 Å². The summed E-state index contributed by atoms with van der Waals surface area (Å²) in [5, 5.41) is 4.96. The Morgan fingerprint density at radius 2 is 1.29 bits per heavy atom. The predicted octanol–water partition coefficient (Wildman–Crippen LogP) is 11.3. The van der Waals surface area contributed by atoms with Crippen LogP contribution in [0, 0.1) is 0 Å². The number of aromatic nitrogens is 2. The lowest BCUT2D eigenvalue weighted by molar-refractivity contribution is 0.142. The number of hydroxylamine groups is 1. The maximum Gasteiger partial charge on any atom is 0.137 e. The van der Waals surface area contributed by atoms with E-state index < -0.39 is 12.4 Å². The largest absolute Gasteiger partial charge is 0.294 e. The molecule has 5 nitrogen and oxygen atoms in total. The van der Waals surface area contributed by atoms with Crippen molar-refractivity contribution in [3.63, 3.8) is 0 Å². The van der Waals surface area contributed by atoms with Crippen LogP contribution in [0.15, 0.2) is 158 Å². The van der Waals surface area contributed by atoms with E-state index in [9.17, 15) is 0 Å². The van der Waals surface area contributed by atoms with Crippen molar-refractivity contribution in [1.29, 1.82) is 0 Å². The summed E-state index contributed by atoms with van der Waals surface area (Å²) in [4.78, 5) is 11.1. The maximum absolute atomic E-state index is 8.23. The summed E-state index contributed by atoms with van der Waals surface area (Å²) in [6.07, 6.45) is 1.92. The highest BCUT2D eigenvalue weighted by molar-refractivity contribution is 6.09. The van der Waals surface area contributed by atoms with Crippen LogP contribution >= 0.6 is 0 Å². The van der Waals surface area contributed by atoms with E-state index in [1.807, 2.05) is 36.5 Å². The van der Waals surface area contributed by atoms with Crippen molar-refractivity contribution >= 4 is 38.9 Å². The van der Waals surface area contributed by atoms with E-state index in [1.165, 1.54) is 33.2 Å². The lowest BCUT2D eigenvalue weighted by atomic mass is 9.67. The fraction of sp³-hybridized carbons (Fsp3) is 0.128. The van der Waals surface area contributed by atoms with Gasteiger partial charge in [-0.1, -0.05) is 124 Å². The Kier molecular flexibility index (Phi) is 5.91. The highest BCUT2D eigenvalue weighted by Gasteiger charge is 2.46. The molecule has 2 aromatic heterocycles. The number of anilines is 3. The minimum Gasteiger partial charge on any atom is -0.294 e. The van der Waals surface area contributed by atoms with Gasteiger partial charge in [-0.15, -0.1) is 4.94 Å². The van der Waals surface area contributed by atoms with E-state index in [-0.39, 0.29) is 5.41 Å². The van der Waals surface area contributed by atoms with Crippen molar-refractivity contribution in [2.24, 2.45) is 0 Å². The Hall–Kier alpha value is -6.17. The molecule has 2 aliphatic rings. The summed E-state index contributed by atoms with van der Waals surface area (Å²) >= 11 is 0. The Morgan fingerprint density at radius 3 is 2.06 bits per heavy atom. The number of fused-ring (bicyclic) bond motifs is 7. The molecule has 0 atom stereocenters. The van der Waals surface area contributed by atoms with Crippen LogP contribution in [0.1, 0.15) is 52.7 Å². The third-order valence-corrected chi connectivity index (χ3v) is 10.9. The second-order valence-electron chi connectivity index (χ2n) is 14.8. The first-order valence-corrected chi connectivity index (χ1v) is 17.7. The summed E-state index contributed by atoms with van der Waals surface area (Å²) in [7, 11) is 0. The number of hydrogen-bond acceptors (Lipinski definition) is 4. The monoisotopic (exact) mass is 677 g/mol. The molecule has 0 amide bonds. The summed E-state index contributed by atoms with van der Waals surface area (Å²) in [5.74, 6) is 0.878. The van der Waals surface area contributed by atoms with Gasteiger partial charge < -0.3 is 0 Å². The number of nitrogens with zero attached hydrogens (tertiary/aromatic N) is 4. The second kappa shape index (κ2) is 11.2. The molecule has 10 rings (SSSR count). The number of hydrogen-bond donors (Lipinski definition) is 0. The lowest BCUT2D eigenvalue weighted by Crippen LogP contribution is -2.29. The zero-order chi connectivity index (χ0) is 37.7. The van der Waals surface area contributed by atoms with Crippen molar-refractivity contribution < 1.29 is 9.05 Å². The van der Waals surface area contributed by atoms with Crippen molar-refractivity contribution in [3.8, 4) is 16.9 Å². The summed E-state index contributed by atoms with van der Waals surface area (Å²) < 4.78 is 27.0. The highest BCUT2D eigenvalue weighted by Crippen LogP contribution is 2.57. The van der Waals surface area contributed by atoms with Gasteiger partial charge >= 0.3 is 0 Å². The molecule has 0 fully saturated rings. The molecule has 0 radical (unpaired) electrons. The molecule has 252 valence electrons. The molecule has 8 aromatic rings. The molecule has 6 aromatic carbocycles. The average Bonchev–Trinajstić information content (AvgIpc) is 3.85. The second-order valence-corrected chi connectivity index (χ2v) is 14.8. The topological polar surface area (TPSA) is 33.5 Å². The van der Waals surface area contributed by atoms with Crippen LogP contribution in [-0.2, 0) is 15.8 Å². The zero-order valence-corrected chi connectivity index (χ0v) is 29.2. The SMILES string of the molecule is [2H]C([2H])([2H])N1ON(c2cccc(C3(c4ccc5c6ccccc6n(-c6cc(C(C)(C)C)ccn6)c5c4)c4ccccc4-c4ccccc43)c2)c2ccccc21. The molecule has 1 aliphatic heterocycles. The van der Waals surface area contributed by atoms with E-state index in [1.54, 1.807) is 11.1 Å². The van der Waals surface area contributed by atoms with Gasteiger partial charge in [0.25, 0.3) is 0 Å². The predicted molar refractivity (Wildman–Crippen MR) is 213 cm³/mol. The van der Waals surface area contributed by atoms with Gasteiger partial charge in [0.15, 0.2) is 0 Å². The number of pyridine rings is 1. The fourth-order valence-corrected chi connectivity index (χ4v) is 8.51. The Bertz CT molecular complexity index is 2770. The minimum atomic E-state index is -2.50. The van der Waals surface area contributed by atoms with Crippen LogP contribution in [0.25, 0.3) is 38.8 Å². The number of benzene rings is 6. The van der Waals surface area contributed by atoms with Gasteiger partial charge in [-0.2, -0.15) is 5.06 Å². The van der Waals surface area contributed by atoms with Gasteiger partial charge in [-0.3, -0.25) is 4.57 Å². The molecule has 0 N–H and O–H groups in total. The van der Waals surface area contributed by atoms with Crippen molar-refractivity contribution in [3.05, 3.63) is 186 Å². The van der Waals surface area contributed by atoms with Gasteiger partial charge in [0, 0.05) is 28.1 Å². The molecular weight excluding hydrogens is 637 g/mol. The average molecular weight is 678 g/mol.